The molecule has 1 atom stereocenters. The number of nitrogens with zero attached hydrogens (tertiary/aromatic N) is 1. The Bertz CT molecular complexity index is 1160. The highest BCUT2D eigenvalue weighted by Crippen LogP contribution is 2.31. The number of fused-ring (bicyclic) bond motifs is 1. The zero-order valence-electron chi connectivity index (χ0n) is 19.1. The first-order valence-corrected chi connectivity index (χ1v) is 12.9. The second kappa shape index (κ2) is 10.5. The lowest BCUT2D eigenvalue weighted by atomic mass is 9.89. The van der Waals surface area contributed by atoms with Gasteiger partial charge in [-0.05, 0) is 49.6 Å². The summed E-state index contributed by atoms with van der Waals surface area (Å²) in [5.74, 6) is -0.324. The van der Waals surface area contributed by atoms with Crippen LogP contribution in [0.4, 0.5) is 11.4 Å². The topological polar surface area (TPSA) is 114 Å². The fourth-order valence-corrected chi connectivity index (χ4v) is 5.58. The largest absolute Gasteiger partial charge is 0.492 e. The fourth-order valence-electron chi connectivity index (χ4n) is 4.15. The molecule has 34 heavy (non-hydrogen) atoms. The Hall–Kier alpha value is -2.95. The number of ether oxygens (including phenoxy) is 2. The third-order valence-corrected chi connectivity index (χ3v) is 7.86. The Morgan fingerprint density at radius 3 is 2.74 bits per heavy atom. The quantitative estimate of drug-likeness (QED) is 0.592. The van der Waals surface area contributed by atoms with Gasteiger partial charge in [-0.2, -0.15) is 4.31 Å². The van der Waals surface area contributed by atoms with Crippen LogP contribution >= 0.6 is 0 Å². The Balaban J connectivity index is 1.45. The van der Waals surface area contributed by atoms with Gasteiger partial charge >= 0.3 is 0 Å². The predicted molar refractivity (Wildman–Crippen MR) is 127 cm³/mol. The minimum Gasteiger partial charge on any atom is -0.492 e. The van der Waals surface area contributed by atoms with Crippen molar-refractivity contribution in [1.82, 2.24) is 4.31 Å². The SMILES string of the molecule is CCOc1ccc(S(=O)(=O)N2CCOCC2)cc1NC(=O)CC[C@H]1Cc2ccccc2NC1=O. The van der Waals surface area contributed by atoms with Crippen LogP contribution in [0.2, 0.25) is 0 Å². The number of amides is 2. The molecule has 2 aliphatic rings. The average molecular weight is 488 g/mol. The number of morpholine rings is 1. The van der Waals surface area contributed by atoms with Crippen LogP contribution in [0.15, 0.2) is 47.4 Å². The molecule has 0 radical (unpaired) electrons. The molecule has 10 heteroatoms. The van der Waals surface area contributed by atoms with Crippen LogP contribution in [-0.4, -0.2) is 57.4 Å². The standard InChI is InChI=1S/C24H29N3O6S/c1-2-33-22-9-8-19(34(30,31)27-11-13-32-14-12-27)16-21(22)25-23(28)10-7-18-15-17-5-3-4-6-20(17)26-24(18)29/h3-6,8-9,16,18H,2,7,10-15H2,1H3,(H,25,28)(H,26,29)/t18-/m0/s1. The number of carbonyl (C=O) groups excluding carboxylic acids is 2. The monoisotopic (exact) mass is 487 g/mol. The lowest BCUT2D eigenvalue weighted by molar-refractivity contribution is -0.121. The Kier molecular flexibility index (Phi) is 7.50. The molecule has 1 fully saturated rings. The molecule has 0 bridgehead atoms. The van der Waals surface area contributed by atoms with Crippen molar-refractivity contribution in [3.63, 3.8) is 0 Å². The van der Waals surface area contributed by atoms with Gasteiger partial charge in [0.1, 0.15) is 5.75 Å². The van der Waals surface area contributed by atoms with E-state index in [0.717, 1.165) is 11.3 Å². The van der Waals surface area contributed by atoms with Crippen molar-refractivity contribution >= 4 is 33.2 Å². The molecule has 0 aliphatic carbocycles. The zero-order chi connectivity index (χ0) is 24.1. The summed E-state index contributed by atoms with van der Waals surface area (Å²) in [6, 6.07) is 12.1. The molecular weight excluding hydrogens is 458 g/mol. The first-order chi connectivity index (χ1) is 16.4. The van der Waals surface area contributed by atoms with Gasteiger partial charge in [-0.25, -0.2) is 8.42 Å². The summed E-state index contributed by atoms with van der Waals surface area (Å²) in [5.41, 5.74) is 2.15. The summed E-state index contributed by atoms with van der Waals surface area (Å²) < 4.78 is 38.3. The Labute approximate surface area is 199 Å². The van der Waals surface area contributed by atoms with E-state index in [4.69, 9.17) is 9.47 Å². The molecule has 2 amide bonds. The van der Waals surface area contributed by atoms with E-state index in [1.807, 2.05) is 31.2 Å². The summed E-state index contributed by atoms with van der Waals surface area (Å²) in [6.45, 7) is 3.43. The van der Waals surface area contributed by atoms with Crippen LogP contribution in [0.1, 0.15) is 25.3 Å². The number of hydrogen-bond donors (Lipinski definition) is 2. The van der Waals surface area contributed by atoms with E-state index in [0.29, 0.717) is 44.1 Å². The van der Waals surface area contributed by atoms with Crippen molar-refractivity contribution in [2.75, 3.05) is 43.5 Å². The highest BCUT2D eigenvalue weighted by atomic mass is 32.2. The molecular formula is C24H29N3O6S. The van der Waals surface area contributed by atoms with Crippen molar-refractivity contribution in [1.29, 1.82) is 0 Å². The summed E-state index contributed by atoms with van der Waals surface area (Å²) in [6.07, 6.45) is 1.07. The van der Waals surface area contributed by atoms with Crippen LogP contribution in [0.25, 0.3) is 0 Å². The maximum absolute atomic E-state index is 13.0. The van der Waals surface area contributed by atoms with Gasteiger partial charge in [0.05, 0.1) is 30.4 Å². The molecule has 1 saturated heterocycles. The van der Waals surface area contributed by atoms with Crippen molar-refractivity contribution in [3.8, 4) is 5.75 Å². The Morgan fingerprint density at radius 2 is 1.97 bits per heavy atom. The molecule has 0 aromatic heterocycles. The van der Waals surface area contributed by atoms with E-state index in [1.54, 1.807) is 6.07 Å². The van der Waals surface area contributed by atoms with E-state index in [1.165, 1.54) is 16.4 Å². The molecule has 182 valence electrons. The molecule has 0 spiro atoms. The third-order valence-electron chi connectivity index (χ3n) is 5.96. The molecule has 2 aromatic carbocycles. The number of para-hydroxylation sites is 1. The number of nitrogens with one attached hydrogen (secondary N) is 2. The molecule has 2 N–H and O–H groups in total. The van der Waals surface area contributed by atoms with Crippen molar-refractivity contribution in [3.05, 3.63) is 48.0 Å². The van der Waals surface area contributed by atoms with E-state index < -0.39 is 10.0 Å². The molecule has 2 heterocycles. The van der Waals surface area contributed by atoms with Crippen molar-refractivity contribution in [2.24, 2.45) is 5.92 Å². The summed E-state index contributed by atoms with van der Waals surface area (Å²) in [5, 5.41) is 5.67. The van der Waals surface area contributed by atoms with Crippen LogP contribution in [0.3, 0.4) is 0 Å². The van der Waals surface area contributed by atoms with Gasteiger partial charge in [0.25, 0.3) is 0 Å². The molecule has 4 rings (SSSR count). The van der Waals surface area contributed by atoms with Gasteiger partial charge in [0.2, 0.25) is 21.8 Å². The molecule has 9 nitrogen and oxygen atoms in total. The predicted octanol–water partition coefficient (Wildman–Crippen LogP) is 2.64. The summed E-state index contributed by atoms with van der Waals surface area (Å²) in [4.78, 5) is 25.3. The van der Waals surface area contributed by atoms with Crippen LogP contribution in [0, 0.1) is 5.92 Å². The van der Waals surface area contributed by atoms with E-state index in [-0.39, 0.29) is 42.1 Å². The van der Waals surface area contributed by atoms with E-state index in [9.17, 15) is 18.0 Å². The minimum absolute atomic E-state index is 0.0800. The van der Waals surface area contributed by atoms with Gasteiger partial charge in [-0.3, -0.25) is 9.59 Å². The van der Waals surface area contributed by atoms with Crippen molar-refractivity contribution < 1.29 is 27.5 Å². The highest BCUT2D eigenvalue weighted by Gasteiger charge is 2.28. The minimum atomic E-state index is -3.72. The second-order valence-corrected chi connectivity index (χ2v) is 10.2. The first-order valence-electron chi connectivity index (χ1n) is 11.4. The molecule has 2 aromatic rings. The van der Waals surface area contributed by atoms with Crippen LogP contribution in [-0.2, 0) is 30.8 Å². The van der Waals surface area contributed by atoms with Gasteiger partial charge in [-0.15, -0.1) is 0 Å². The maximum Gasteiger partial charge on any atom is 0.243 e. The fraction of sp³-hybridized carbons (Fsp3) is 0.417. The number of rotatable bonds is 8. The number of sulfonamides is 1. The van der Waals surface area contributed by atoms with Gasteiger partial charge < -0.3 is 20.1 Å². The second-order valence-electron chi connectivity index (χ2n) is 8.24. The smallest absolute Gasteiger partial charge is 0.243 e. The molecule has 0 unspecified atom stereocenters. The van der Waals surface area contributed by atoms with Gasteiger partial charge in [0, 0.05) is 31.1 Å². The zero-order valence-corrected chi connectivity index (χ0v) is 19.9. The number of carbonyl (C=O) groups is 2. The maximum atomic E-state index is 13.0. The third kappa shape index (κ3) is 5.40. The summed E-state index contributed by atoms with van der Waals surface area (Å²) >= 11 is 0. The van der Waals surface area contributed by atoms with Crippen LogP contribution in [0.5, 0.6) is 5.75 Å². The first kappa shape index (κ1) is 24.2. The van der Waals surface area contributed by atoms with E-state index >= 15 is 0 Å². The summed E-state index contributed by atoms with van der Waals surface area (Å²) in [7, 11) is -3.72. The van der Waals surface area contributed by atoms with Crippen molar-refractivity contribution in [2.45, 2.75) is 31.1 Å². The number of hydrogen-bond acceptors (Lipinski definition) is 6. The normalized spacial score (nSPS) is 18.6. The average Bonchev–Trinajstić information content (AvgIpc) is 2.84. The molecule has 2 aliphatic heterocycles. The van der Waals surface area contributed by atoms with E-state index in [2.05, 4.69) is 10.6 Å². The van der Waals surface area contributed by atoms with Gasteiger partial charge in [-0.1, -0.05) is 18.2 Å². The van der Waals surface area contributed by atoms with Crippen LogP contribution < -0.4 is 15.4 Å². The highest BCUT2D eigenvalue weighted by molar-refractivity contribution is 7.89. The number of benzene rings is 2. The lowest BCUT2D eigenvalue weighted by Gasteiger charge is -2.26. The number of anilines is 2. The van der Waals surface area contributed by atoms with Gasteiger partial charge in [0.15, 0.2) is 0 Å². The molecule has 0 saturated carbocycles. The Morgan fingerprint density at radius 1 is 1.21 bits per heavy atom. The lowest BCUT2D eigenvalue weighted by Crippen LogP contribution is -2.40.